The minimum Gasteiger partial charge on any atom is -0.351 e. The van der Waals surface area contributed by atoms with Crippen LogP contribution >= 0.6 is 0 Å². The van der Waals surface area contributed by atoms with Crippen molar-refractivity contribution in [3.05, 3.63) is 0 Å². The zero-order chi connectivity index (χ0) is 16.0. The monoisotopic (exact) mass is 296 g/mol. The van der Waals surface area contributed by atoms with Crippen LogP contribution in [0.5, 0.6) is 0 Å². The van der Waals surface area contributed by atoms with Crippen LogP contribution in [-0.4, -0.2) is 47.0 Å². The minimum absolute atomic E-state index is 0.0788. The number of nitrogens with zero attached hydrogens (tertiary/aromatic N) is 2. The van der Waals surface area contributed by atoms with Crippen molar-refractivity contribution >= 4 is 23.4 Å². The molecule has 1 saturated heterocycles. The average molecular weight is 296 g/mol. The SMILES string of the molecule is C/C(CC(=O)NC(C)(C)C)=N\NC(=O)C(=O)N1CCCC1. The molecule has 0 aromatic carbocycles. The van der Waals surface area contributed by atoms with Gasteiger partial charge in [-0.2, -0.15) is 5.10 Å². The maximum atomic E-state index is 11.7. The Morgan fingerprint density at radius 2 is 1.71 bits per heavy atom. The van der Waals surface area contributed by atoms with Crippen LogP contribution in [0, 0.1) is 0 Å². The van der Waals surface area contributed by atoms with Crippen LogP contribution in [0.1, 0.15) is 47.0 Å². The van der Waals surface area contributed by atoms with Crippen LogP contribution in [0.4, 0.5) is 0 Å². The molecule has 0 saturated carbocycles. The fourth-order valence-corrected chi connectivity index (χ4v) is 1.99. The smallest absolute Gasteiger partial charge is 0.329 e. The van der Waals surface area contributed by atoms with E-state index in [1.165, 1.54) is 4.90 Å². The summed E-state index contributed by atoms with van der Waals surface area (Å²) >= 11 is 0. The second-order valence-corrected chi connectivity index (χ2v) is 6.26. The highest BCUT2D eigenvalue weighted by atomic mass is 16.2. The van der Waals surface area contributed by atoms with Crippen molar-refractivity contribution in [3.63, 3.8) is 0 Å². The van der Waals surface area contributed by atoms with Gasteiger partial charge < -0.3 is 10.2 Å². The van der Waals surface area contributed by atoms with Gasteiger partial charge in [0.1, 0.15) is 0 Å². The second-order valence-electron chi connectivity index (χ2n) is 6.26. The van der Waals surface area contributed by atoms with E-state index in [2.05, 4.69) is 15.8 Å². The lowest BCUT2D eigenvalue weighted by atomic mass is 10.1. The predicted octanol–water partition coefficient (Wildman–Crippen LogP) is 0.406. The first-order valence-electron chi connectivity index (χ1n) is 7.12. The quantitative estimate of drug-likeness (QED) is 0.449. The van der Waals surface area contributed by atoms with E-state index in [9.17, 15) is 14.4 Å². The molecule has 3 amide bonds. The zero-order valence-corrected chi connectivity index (χ0v) is 13.2. The van der Waals surface area contributed by atoms with Gasteiger partial charge in [-0.1, -0.05) is 0 Å². The van der Waals surface area contributed by atoms with E-state index >= 15 is 0 Å². The van der Waals surface area contributed by atoms with E-state index < -0.39 is 11.8 Å². The molecule has 0 spiro atoms. The molecule has 118 valence electrons. The first kappa shape index (κ1) is 17.1. The van der Waals surface area contributed by atoms with Gasteiger partial charge in [-0.05, 0) is 40.5 Å². The summed E-state index contributed by atoms with van der Waals surface area (Å²) in [5, 5.41) is 6.59. The molecule has 0 bridgehead atoms. The topological polar surface area (TPSA) is 90.9 Å². The van der Waals surface area contributed by atoms with Gasteiger partial charge in [-0.3, -0.25) is 14.4 Å². The molecule has 0 aliphatic carbocycles. The van der Waals surface area contributed by atoms with E-state index in [4.69, 9.17) is 0 Å². The summed E-state index contributed by atoms with van der Waals surface area (Å²) in [4.78, 5) is 36.6. The number of hydrogen-bond donors (Lipinski definition) is 2. The summed E-state index contributed by atoms with van der Waals surface area (Å²) in [6, 6.07) is 0. The summed E-state index contributed by atoms with van der Waals surface area (Å²) in [6.45, 7) is 8.50. The van der Waals surface area contributed by atoms with Crippen LogP contribution in [0.25, 0.3) is 0 Å². The number of carbonyl (C=O) groups is 3. The van der Waals surface area contributed by atoms with E-state index in [0.29, 0.717) is 18.8 Å². The number of hydrazone groups is 1. The number of rotatable bonds is 3. The third-order valence-electron chi connectivity index (χ3n) is 2.87. The van der Waals surface area contributed by atoms with Gasteiger partial charge in [0.05, 0.1) is 6.42 Å². The maximum absolute atomic E-state index is 11.7. The van der Waals surface area contributed by atoms with E-state index in [1.54, 1.807) is 6.92 Å². The molecule has 0 aromatic heterocycles. The molecule has 1 rings (SSSR count). The third-order valence-corrected chi connectivity index (χ3v) is 2.87. The first-order valence-corrected chi connectivity index (χ1v) is 7.12. The number of amides is 3. The van der Waals surface area contributed by atoms with Crippen molar-refractivity contribution in [2.45, 2.75) is 52.5 Å². The normalized spacial score (nSPS) is 15.8. The molecule has 7 nitrogen and oxygen atoms in total. The molecule has 1 fully saturated rings. The summed E-state index contributed by atoms with van der Waals surface area (Å²) < 4.78 is 0. The maximum Gasteiger partial charge on any atom is 0.329 e. The number of hydrogen-bond acceptors (Lipinski definition) is 4. The second kappa shape index (κ2) is 7.19. The van der Waals surface area contributed by atoms with Crippen molar-refractivity contribution < 1.29 is 14.4 Å². The van der Waals surface area contributed by atoms with Gasteiger partial charge in [0.15, 0.2) is 0 Å². The van der Waals surface area contributed by atoms with Crippen LogP contribution in [0.15, 0.2) is 5.10 Å². The Labute approximate surface area is 125 Å². The van der Waals surface area contributed by atoms with E-state index in [0.717, 1.165) is 12.8 Å². The molecule has 1 heterocycles. The van der Waals surface area contributed by atoms with Gasteiger partial charge in [-0.15, -0.1) is 0 Å². The van der Waals surface area contributed by atoms with Gasteiger partial charge in [0.2, 0.25) is 5.91 Å². The molecular formula is C14H24N4O3. The highest BCUT2D eigenvalue weighted by Crippen LogP contribution is 2.07. The molecule has 7 heteroatoms. The lowest BCUT2D eigenvalue weighted by Gasteiger charge is -2.20. The van der Waals surface area contributed by atoms with Crippen molar-refractivity contribution in [3.8, 4) is 0 Å². The Morgan fingerprint density at radius 1 is 1.14 bits per heavy atom. The van der Waals surface area contributed by atoms with Gasteiger partial charge in [0.25, 0.3) is 0 Å². The fourth-order valence-electron chi connectivity index (χ4n) is 1.99. The van der Waals surface area contributed by atoms with Gasteiger partial charge in [-0.25, -0.2) is 5.43 Å². The number of nitrogens with one attached hydrogen (secondary N) is 2. The fraction of sp³-hybridized carbons (Fsp3) is 0.714. The van der Waals surface area contributed by atoms with Gasteiger partial charge in [0, 0.05) is 24.3 Å². The standard InChI is InChI=1S/C14H24N4O3/c1-10(9-11(19)15-14(2,3)4)16-17-12(20)13(21)18-7-5-6-8-18/h5-9H2,1-4H3,(H,15,19)(H,17,20)/b16-10+. The molecule has 0 unspecified atom stereocenters. The lowest BCUT2D eigenvalue weighted by molar-refractivity contribution is -0.145. The molecule has 1 aliphatic rings. The number of likely N-dealkylation sites (tertiary alicyclic amines) is 1. The highest BCUT2D eigenvalue weighted by molar-refractivity contribution is 6.35. The van der Waals surface area contributed by atoms with Crippen LogP contribution < -0.4 is 10.7 Å². The third kappa shape index (κ3) is 6.37. The summed E-state index contributed by atoms with van der Waals surface area (Å²) in [5.74, 6) is -1.50. The first-order chi connectivity index (χ1) is 9.69. The Bertz CT molecular complexity index is 446. The van der Waals surface area contributed by atoms with Crippen molar-refractivity contribution in [2.24, 2.45) is 5.10 Å². The Kier molecular flexibility index (Phi) is 5.87. The molecular weight excluding hydrogens is 272 g/mol. The van der Waals surface area contributed by atoms with Crippen LogP contribution in [0.2, 0.25) is 0 Å². The van der Waals surface area contributed by atoms with Crippen molar-refractivity contribution in [1.82, 2.24) is 15.6 Å². The molecule has 0 atom stereocenters. The zero-order valence-electron chi connectivity index (χ0n) is 13.2. The molecule has 2 N–H and O–H groups in total. The molecule has 0 aromatic rings. The number of carbonyl (C=O) groups excluding carboxylic acids is 3. The summed E-state index contributed by atoms with van der Waals surface area (Å²) in [5.41, 5.74) is 2.34. The summed E-state index contributed by atoms with van der Waals surface area (Å²) in [7, 11) is 0. The van der Waals surface area contributed by atoms with Gasteiger partial charge >= 0.3 is 11.8 Å². The lowest BCUT2D eigenvalue weighted by Crippen LogP contribution is -2.42. The van der Waals surface area contributed by atoms with Crippen molar-refractivity contribution in [2.75, 3.05) is 13.1 Å². The summed E-state index contributed by atoms with van der Waals surface area (Å²) in [6.07, 6.45) is 1.93. The molecule has 1 aliphatic heterocycles. The van der Waals surface area contributed by atoms with E-state index in [-0.39, 0.29) is 17.9 Å². The Hall–Kier alpha value is -1.92. The Morgan fingerprint density at radius 3 is 2.24 bits per heavy atom. The molecule has 0 radical (unpaired) electrons. The van der Waals surface area contributed by atoms with Crippen molar-refractivity contribution in [1.29, 1.82) is 0 Å². The van der Waals surface area contributed by atoms with E-state index in [1.807, 2.05) is 20.8 Å². The predicted molar refractivity (Wildman–Crippen MR) is 79.6 cm³/mol. The van der Waals surface area contributed by atoms with Crippen LogP contribution in [0.3, 0.4) is 0 Å². The average Bonchev–Trinajstić information content (AvgIpc) is 2.86. The molecule has 21 heavy (non-hydrogen) atoms. The minimum atomic E-state index is -0.757. The van der Waals surface area contributed by atoms with Crippen LogP contribution in [-0.2, 0) is 14.4 Å². The Balaban J connectivity index is 2.42. The largest absolute Gasteiger partial charge is 0.351 e. The highest BCUT2D eigenvalue weighted by Gasteiger charge is 2.24.